The van der Waals surface area contributed by atoms with Crippen LogP contribution in [0, 0.1) is 29.6 Å². The van der Waals surface area contributed by atoms with Crippen LogP contribution in [0.5, 0.6) is 0 Å². The Bertz CT molecular complexity index is 1240. The zero-order valence-corrected chi connectivity index (χ0v) is 34.2. The first-order chi connectivity index (χ1) is 26.4. The minimum Gasteiger partial charge on any atom is -0.379 e. The third kappa shape index (κ3) is 13.4. The van der Waals surface area contributed by atoms with Crippen molar-refractivity contribution in [1.29, 1.82) is 0 Å². The predicted molar refractivity (Wildman–Crippen MR) is 211 cm³/mol. The average Bonchev–Trinajstić information content (AvgIpc) is 3.32. The van der Waals surface area contributed by atoms with E-state index >= 15 is 0 Å². The molecule has 1 unspecified atom stereocenters. The van der Waals surface area contributed by atoms with E-state index in [1.165, 1.54) is 19.3 Å². The molecule has 0 aromatic carbocycles. The number of rotatable bonds is 12. The lowest BCUT2D eigenvalue weighted by Crippen LogP contribution is -2.62. The van der Waals surface area contributed by atoms with Gasteiger partial charge in [-0.3, -0.25) is 24.0 Å². The smallest absolute Gasteiger partial charge is 0.245 e. The van der Waals surface area contributed by atoms with Gasteiger partial charge in [0.25, 0.3) is 0 Å². The molecule has 3 aliphatic carbocycles. The van der Waals surface area contributed by atoms with Crippen molar-refractivity contribution in [2.75, 3.05) is 40.0 Å². The lowest BCUT2D eigenvalue weighted by Gasteiger charge is -2.36. The van der Waals surface area contributed by atoms with Crippen molar-refractivity contribution >= 4 is 29.5 Å². The van der Waals surface area contributed by atoms with Crippen LogP contribution in [0.2, 0.25) is 0 Å². The zero-order valence-electron chi connectivity index (χ0n) is 34.2. The van der Waals surface area contributed by atoms with Crippen molar-refractivity contribution in [3.05, 3.63) is 0 Å². The summed E-state index contributed by atoms with van der Waals surface area (Å²) in [6.07, 6.45) is 14.3. The number of amides is 5. The van der Waals surface area contributed by atoms with Gasteiger partial charge in [-0.2, -0.15) is 0 Å². The highest BCUT2D eigenvalue weighted by Crippen LogP contribution is 2.46. The normalized spacial score (nSPS) is 34.1. The highest BCUT2D eigenvalue weighted by Gasteiger charge is 2.41. The Kier molecular flexibility index (Phi) is 18.6. The second-order valence-corrected chi connectivity index (χ2v) is 17.1. The van der Waals surface area contributed by atoms with Gasteiger partial charge in [0.2, 0.25) is 29.5 Å². The summed E-state index contributed by atoms with van der Waals surface area (Å²) in [5.74, 6) is -1.02. The van der Waals surface area contributed by atoms with E-state index in [9.17, 15) is 24.0 Å². The molecular formula is C41H73N7O7. The molecule has 4 rings (SSSR count). The number of nitrogens with zero attached hydrogens (tertiary/aromatic N) is 1. The summed E-state index contributed by atoms with van der Waals surface area (Å²) in [5, 5.41) is 11.6. The Morgan fingerprint density at radius 3 is 2.07 bits per heavy atom. The first-order valence-corrected chi connectivity index (χ1v) is 21.5. The van der Waals surface area contributed by atoms with Gasteiger partial charge in [0.1, 0.15) is 24.2 Å². The van der Waals surface area contributed by atoms with Gasteiger partial charge >= 0.3 is 0 Å². The highest BCUT2D eigenvalue weighted by molar-refractivity contribution is 5.96. The van der Waals surface area contributed by atoms with Crippen LogP contribution in [0.15, 0.2) is 0 Å². The maximum absolute atomic E-state index is 14.5. The lowest BCUT2D eigenvalue weighted by molar-refractivity contribution is -0.147. The molecule has 0 spiro atoms. The van der Waals surface area contributed by atoms with Crippen LogP contribution in [0.25, 0.3) is 0 Å². The molecule has 8 N–H and O–H groups in total. The van der Waals surface area contributed by atoms with Gasteiger partial charge in [-0.05, 0) is 88.5 Å². The second-order valence-electron chi connectivity index (χ2n) is 17.1. The summed E-state index contributed by atoms with van der Waals surface area (Å²) in [6.45, 7) is 6.29. The molecule has 0 aromatic heterocycles. The Labute approximate surface area is 329 Å². The molecule has 1 heterocycles. The van der Waals surface area contributed by atoms with Gasteiger partial charge in [0.05, 0.1) is 25.2 Å². The van der Waals surface area contributed by atoms with Crippen molar-refractivity contribution in [3.63, 3.8) is 0 Å². The fraction of sp³-hybridized carbons (Fsp3) is 0.878. The lowest BCUT2D eigenvalue weighted by atomic mass is 9.77. The second kappa shape index (κ2) is 22.8. The fourth-order valence-corrected chi connectivity index (χ4v) is 9.39. The van der Waals surface area contributed by atoms with Gasteiger partial charge in [-0.25, -0.2) is 0 Å². The van der Waals surface area contributed by atoms with E-state index < -0.39 is 60.0 Å². The number of likely N-dealkylation sites (N-methyl/N-ethyl adjacent to an activating group) is 1. The van der Waals surface area contributed by atoms with E-state index in [1.54, 1.807) is 11.9 Å². The number of unbranched alkanes of at least 4 members (excludes halogenated alkanes) is 1. The molecule has 4 fully saturated rings. The number of hydrogen-bond donors (Lipinski definition) is 6. The molecule has 0 aromatic rings. The van der Waals surface area contributed by atoms with E-state index in [0.29, 0.717) is 31.9 Å². The summed E-state index contributed by atoms with van der Waals surface area (Å²) in [4.78, 5) is 72.0. The largest absolute Gasteiger partial charge is 0.379 e. The molecule has 0 radical (unpaired) electrons. The first kappa shape index (κ1) is 44.9. The van der Waals surface area contributed by atoms with Crippen molar-refractivity contribution in [1.82, 2.24) is 26.2 Å². The Morgan fingerprint density at radius 2 is 1.44 bits per heavy atom. The number of fused-ring (bicyclic) bond motifs is 2. The van der Waals surface area contributed by atoms with Crippen LogP contribution in [-0.4, -0.2) is 111 Å². The summed E-state index contributed by atoms with van der Waals surface area (Å²) in [6, 6.07) is -4.44. The molecule has 5 amide bonds. The molecule has 1 saturated heterocycles. The van der Waals surface area contributed by atoms with Crippen LogP contribution in [0.4, 0.5) is 0 Å². The average molecular weight is 776 g/mol. The summed E-state index contributed by atoms with van der Waals surface area (Å²) in [5.41, 5.74) is 11.7. The summed E-state index contributed by atoms with van der Waals surface area (Å²) < 4.78 is 12.3. The number of hydrogen-bond acceptors (Lipinski definition) is 9. The van der Waals surface area contributed by atoms with Crippen molar-refractivity contribution in [2.24, 2.45) is 41.1 Å². The highest BCUT2D eigenvalue weighted by atomic mass is 16.5. The van der Waals surface area contributed by atoms with Crippen molar-refractivity contribution in [2.45, 2.75) is 160 Å². The molecule has 2 bridgehead atoms. The third-order valence-electron chi connectivity index (χ3n) is 12.6. The molecular weight excluding hydrogens is 702 g/mol. The van der Waals surface area contributed by atoms with Crippen molar-refractivity contribution < 1.29 is 33.4 Å². The Hall–Kier alpha value is -2.81. The standard InChI is InChI=1S/C41H73N7O7/c1-5-6-14-34-39(51)47-36(31-12-9-7-8-10-13-31)40(52)45-32(23-43)37(49)46-33(25-54-18-11-17-42)38(50)44-26(2)24-55-35(27(3)41(53)48(34)4)22-30-20-28-15-16-29(19-28)21-30/h26-36H,5-25,42-43H2,1-4H3,(H,44,50)(H,45,52)(H,46,49)(H,47,51)/t26-,27-,28-,29+,30?,32+,33+,34+,35-,36+/m1/s1. The molecule has 55 heavy (non-hydrogen) atoms. The molecule has 3 saturated carbocycles. The molecule has 1 aliphatic heterocycles. The maximum atomic E-state index is 14.5. The third-order valence-corrected chi connectivity index (χ3v) is 12.6. The van der Waals surface area contributed by atoms with E-state index in [0.717, 1.165) is 82.5 Å². The molecule has 314 valence electrons. The van der Waals surface area contributed by atoms with Gasteiger partial charge < -0.3 is 47.1 Å². The molecule has 14 nitrogen and oxygen atoms in total. The molecule has 10 atom stereocenters. The van der Waals surface area contributed by atoms with Gasteiger partial charge in [0.15, 0.2) is 0 Å². The zero-order chi connectivity index (χ0) is 39.9. The van der Waals surface area contributed by atoms with E-state index in [-0.39, 0.29) is 37.5 Å². The minimum absolute atomic E-state index is 0.110. The van der Waals surface area contributed by atoms with Gasteiger partial charge in [-0.15, -0.1) is 0 Å². The van der Waals surface area contributed by atoms with Crippen LogP contribution in [0.1, 0.15) is 124 Å². The van der Waals surface area contributed by atoms with Crippen LogP contribution in [0.3, 0.4) is 0 Å². The molecule has 14 heteroatoms. The van der Waals surface area contributed by atoms with Crippen LogP contribution < -0.4 is 32.7 Å². The van der Waals surface area contributed by atoms with Crippen LogP contribution >= 0.6 is 0 Å². The maximum Gasteiger partial charge on any atom is 0.245 e. The SMILES string of the molecule is CCCC[C@H]1C(=O)N[C@@H](C2CCCCCC2)C(=O)N[C@@H](CN)C(=O)N[C@@H](COCCCN)C(=O)N[C@H](C)CO[C@H](CC2C[C@H]3CC[C@@H](C2)C3)[C@@H](C)C(=O)N1C. The van der Waals surface area contributed by atoms with E-state index in [2.05, 4.69) is 21.3 Å². The van der Waals surface area contributed by atoms with Gasteiger partial charge in [-0.1, -0.05) is 65.2 Å². The van der Waals surface area contributed by atoms with E-state index in [1.807, 2.05) is 20.8 Å². The van der Waals surface area contributed by atoms with Gasteiger partial charge in [0, 0.05) is 26.2 Å². The van der Waals surface area contributed by atoms with Crippen LogP contribution in [-0.2, 0) is 33.4 Å². The predicted octanol–water partition coefficient (Wildman–Crippen LogP) is 2.51. The summed E-state index contributed by atoms with van der Waals surface area (Å²) in [7, 11) is 1.69. The number of ether oxygens (including phenoxy) is 2. The summed E-state index contributed by atoms with van der Waals surface area (Å²) >= 11 is 0. The number of nitrogens with two attached hydrogens (primary N) is 2. The van der Waals surface area contributed by atoms with Crippen molar-refractivity contribution in [3.8, 4) is 0 Å². The quantitative estimate of drug-likeness (QED) is 0.127. The number of carbonyl (C=O) groups excluding carboxylic acids is 5. The Morgan fingerprint density at radius 1 is 0.782 bits per heavy atom. The minimum atomic E-state index is -1.17. The van der Waals surface area contributed by atoms with E-state index in [4.69, 9.17) is 20.9 Å². The number of nitrogens with one attached hydrogen (secondary N) is 4. The Balaban J connectivity index is 1.68. The monoisotopic (exact) mass is 776 g/mol. The number of carbonyl (C=O) groups is 5. The fourth-order valence-electron chi connectivity index (χ4n) is 9.39. The first-order valence-electron chi connectivity index (χ1n) is 21.5. The molecule has 4 aliphatic rings. The topological polar surface area (TPSA) is 207 Å².